The van der Waals surface area contributed by atoms with E-state index in [2.05, 4.69) is 5.10 Å². The first-order valence-electron chi connectivity index (χ1n) is 5.69. The maximum atomic E-state index is 5.34. The van der Waals surface area contributed by atoms with Crippen LogP contribution in [-0.4, -0.2) is 9.78 Å². The van der Waals surface area contributed by atoms with Gasteiger partial charge in [-0.15, -0.1) is 9.78 Å². The van der Waals surface area contributed by atoms with Gasteiger partial charge in [-0.05, 0) is 36.5 Å². The molecule has 88 valence electrons. The largest absolute Gasteiger partial charge is 0.328 e. The van der Waals surface area contributed by atoms with Gasteiger partial charge in [0, 0.05) is 0 Å². The Labute approximate surface area is 110 Å². The highest BCUT2D eigenvalue weighted by molar-refractivity contribution is 7.71. The summed E-state index contributed by atoms with van der Waals surface area (Å²) < 4.78 is 4.53. The molecule has 0 fully saturated rings. The number of hydrogen-bond donors (Lipinski definition) is 1. The molecule has 0 aliphatic rings. The number of nitrogens with one attached hydrogen (secondary N) is 1. The molecule has 0 bridgehead atoms. The van der Waals surface area contributed by atoms with E-state index < -0.39 is 0 Å². The molecule has 0 radical (unpaired) electrons. The van der Waals surface area contributed by atoms with Gasteiger partial charge in [-0.25, -0.2) is 0 Å². The van der Waals surface area contributed by atoms with Crippen LogP contribution in [0.25, 0.3) is 11.4 Å². The van der Waals surface area contributed by atoms with Gasteiger partial charge >= 0.3 is 4.77 Å². The van der Waals surface area contributed by atoms with Gasteiger partial charge in [0.15, 0.2) is 0 Å². The fraction of sp³-hybridized carbons (Fsp3) is 0. The molecule has 4 heteroatoms. The number of para-hydroxylation sites is 2. The van der Waals surface area contributed by atoms with E-state index in [1.807, 2.05) is 76.2 Å². The number of rotatable bonds is 2. The Morgan fingerprint density at radius 1 is 0.889 bits per heavy atom. The average Bonchev–Trinajstić information content (AvgIpc) is 2.83. The van der Waals surface area contributed by atoms with Crippen molar-refractivity contribution in [2.24, 2.45) is 0 Å². The first kappa shape index (κ1) is 10.9. The lowest BCUT2D eigenvalue weighted by Crippen LogP contribution is -2.29. The summed E-state index contributed by atoms with van der Waals surface area (Å²) in [5, 5.41) is 3.15. The Morgan fingerprint density at radius 2 is 1.50 bits per heavy atom. The van der Waals surface area contributed by atoms with Gasteiger partial charge in [-0.2, -0.15) is 4.57 Å². The van der Waals surface area contributed by atoms with E-state index in [1.165, 1.54) is 0 Å². The minimum absolute atomic E-state index is 0.671. The number of benzene rings is 2. The molecular weight excluding hydrogens is 242 g/mol. The topological polar surface area (TPSA) is 24.6 Å². The highest BCUT2D eigenvalue weighted by Gasteiger charge is 2.10. The molecule has 3 rings (SSSR count). The van der Waals surface area contributed by atoms with Gasteiger partial charge < -0.3 is 0 Å². The summed E-state index contributed by atoms with van der Waals surface area (Å²) in [6.45, 7) is 0. The van der Waals surface area contributed by atoms with Gasteiger partial charge in [0.05, 0.1) is 0 Å². The lowest BCUT2D eigenvalue weighted by atomic mass is 10.3. The van der Waals surface area contributed by atoms with Crippen LogP contribution in [0.1, 0.15) is 0 Å². The Hall–Kier alpha value is -2.20. The van der Waals surface area contributed by atoms with Gasteiger partial charge in [-0.1, -0.05) is 36.4 Å². The summed E-state index contributed by atoms with van der Waals surface area (Å²) in [4.78, 5) is 0. The summed E-state index contributed by atoms with van der Waals surface area (Å²) in [6.07, 6.45) is 1.95. The highest BCUT2D eigenvalue weighted by atomic mass is 32.1. The number of H-pyrrole nitrogens is 1. The van der Waals surface area contributed by atoms with Crippen molar-refractivity contribution in [1.82, 2.24) is 9.78 Å². The Balaban J connectivity index is 2.10. The zero-order valence-corrected chi connectivity index (χ0v) is 10.5. The van der Waals surface area contributed by atoms with Crippen molar-refractivity contribution in [2.45, 2.75) is 0 Å². The van der Waals surface area contributed by atoms with E-state index in [-0.39, 0.29) is 0 Å². The molecule has 3 aromatic rings. The first-order valence-corrected chi connectivity index (χ1v) is 6.09. The van der Waals surface area contributed by atoms with E-state index in [0.29, 0.717) is 4.77 Å². The highest BCUT2D eigenvalue weighted by Crippen LogP contribution is 2.05. The van der Waals surface area contributed by atoms with Crippen molar-refractivity contribution in [1.29, 1.82) is 0 Å². The van der Waals surface area contributed by atoms with Crippen LogP contribution in [0, 0.1) is 4.77 Å². The third-order valence-corrected chi connectivity index (χ3v) is 3.02. The molecule has 0 aliphatic heterocycles. The van der Waals surface area contributed by atoms with Gasteiger partial charge in [0.2, 0.25) is 6.33 Å². The van der Waals surface area contributed by atoms with Gasteiger partial charge in [-0.3, -0.25) is 0 Å². The van der Waals surface area contributed by atoms with E-state index >= 15 is 0 Å². The van der Waals surface area contributed by atoms with Crippen molar-refractivity contribution < 1.29 is 4.57 Å². The Morgan fingerprint density at radius 3 is 2.17 bits per heavy atom. The van der Waals surface area contributed by atoms with Crippen LogP contribution < -0.4 is 4.57 Å². The van der Waals surface area contributed by atoms with Crippen LogP contribution in [-0.2, 0) is 0 Å². The molecular formula is C14H12N3S+. The number of aromatic nitrogens is 3. The van der Waals surface area contributed by atoms with Crippen molar-refractivity contribution >= 4 is 12.2 Å². The van der Waals surface area contributed by atoms with E-state index in [4.69, 9.17) is 12.2 Å². The normalized spacial score (nSPS) is 10.4. The number of nitrogens with zero attached hydrogens (tertiary/aromatic N) is 2. The third kappa shape index (κ3) is 1.98. The van der Waals surface area contributed by atoms with Crippen molar-refractivity contribution in [2.75, 3.05) is 0 Å². The minimum atomic E-state index is 0.671. The Bertz CT molecular complexity index is 699. The van der Waals surface area contributed by atoms with Crippen molar-refractivity contribution in [3.63, 3.8) is 0 Å². The van der Waals surface area contributed by atoms with Crippen LogP contribution in [0.4, 0.5) is 0 Å². The van der Waals surface area contributed by atoms with Crippen LogP contribution >= 0.6 is 12.2 Å². The molecule has 1 aromatic heterocycles. The molecule has 0 atom stereocenters. The summed E-state index contributed by atoms with van der Waals surface area (Å²) in [6, 6.07) is 20.1. The standard InChI is InChI=1S/C14H11N3S/c18-14-15-17(13-9-5-2-6-10-13)11-16(14)12-7-3-1-4-8-12/h1-11H/p+1. The van der Waals surface area contributed by atoms with Crippen LogP contribution in [0.15, 0.2) is 67.0 Å². The zero-order valence-electron chi connectivity index (χ0n) is 9.65. The number of aromatic amines is 1. The lowest BCUT2D eigenvalue weighted by molar-refractivity contribution is -0.603. The smallest absolute Gasteiger partial charge is 0.190 e. The predicted octanol–water partition coefficient (Wildman–Crippen LogP) is 2.81. The average molecular weight is 254 g/mol. The minimum Gasteiger partial charge on any atom is -0.190 e. The molecule has 1 heterocycles. The molecule has 0 aliphatic carbocycles. The molecule has 0 saturated carbocycles. The van der Waals surface area contributed by atoms with E-state index in [9.17, 15) is 0 Å². The molecule has 18 heavy (non-hydrogen) atoms. The Kier molecular flexibility index (Phi) is 2.78. The van der Waals surface area contributed by atoms with Gasteiger partial charge in [0.25, 0.3) is 0 Å². The van der Waals surface area contributed by atoms with E-state index in [1.54, 1.807) is 0 Å². The molecule has 0 unspecified atom stereocenters. The molecule has 2 aromatic carbocycles. The molecule has 0 amide bonds. The number of hydrogen-bond acceptors (Lipinski definition) is 1. The first-order chi connectivity index (χ1) is 8.84. The SMILES string of the molecule is S=c1[nH]n(-c2ccccc2)c[n+]1-c1ccccc1. The summed E-state index contributed by atoms with van der Waals surface area (Å²) in [5.74, 6) is 0. The maximum Gasteiger partial charge on any atom is 0.328 e. The molecule has 0 spiro atoms. The maximum absolute atomic E-state index is 5.34. The summed E-state index contributed by atoms with van der Waals surface area (Å²) in [5.41, 5.74) is 2.10. The van der Waals surface area contributed by atoms with E-state index in [0.717, 1.165) is 11.4 Å². The van der Waals surface area contributed by atoms with Crippen LogP contribution in [0.5, 0.6) is 0 Å². The molecule has 3 nitrogen and oxygen atoms in total. The van der Waals surface area contributed by atoms with Gasteiger partial charge in [0.1, 0.15) is 11.4 Å². The van der Waals surface area contributed by atoms with Crippen LogP contribution in [0.2, 0.25) is 0 Å². The van der Waals surface area contributed by atoms with Crippen LogP contribution in [0.3, 0.4) is 0 Å². The fourth-order valence-electron chi connectivity index (χ4n) is 1.85. The second-order valence-electron chi connectivity index (χ2n) is 3.94. The zero-order chi connectivity index (χ0) is 12.4. The third-order valence-electron chi connectivity index (χ3n) is 2.73. The lowest BCUT2D eigenvalue weighted by Gasteiger charge is -1.94. The quantitative estimate of drug-likeness (QED) is 0.552. The monoisotopic (exact) mass is 254 g/mol. The predicted molar refractivity (Wildman–Crippen MR) is 72.5 cm³/mol. The molecule has 1 N–H and O–H groups in total. The summed E-state index contributed by atoms with van der Waals surface area (Å²) >= 11 is 5.34. The molecule has 0 saturated heterocycles. The van der Waals surface area contributed by atoms with Crippen molar-refractivity contribution in [3.8, 4) is 11.4 Å². The summed E-state index contributed by atoms with van der Waals surface area (Å²) in [7, 11) is 0. The van der Waals surface area contributed by atoms with Crippen molar-refractivity contribution in [3.05, 3.63) is 71.8 Å². The fourth-order valence-corrected chi connectivity index (χ4v) is 2.10. The second kappa shape index (κ2) is 4.58. The second-order valence-corrected chi connectivity index (χ2v) is 4.33.